The molecule has 0 N–H and O–H groups in total. The van der Waals surface area contributed by atoms with E-state index >= 15 is 4.39 Å². The minimum Gasteiger partial charge on any atom is -0.352 e. The van der Waals surface area contributed by atoms with Crippen LogP contribution in [0.25, 0.3) is 6.08 Å². The van der Waals surface area contributed by atoms with Crippen LogP contribution in [0.15, 0.2) is 97.1 Å². The summed E-state index contributed by atoms with van der Waals surface area (Å²) in [6, 6.07) is 20.7. The molecule has 1 aliphatic carbocycles. The van der Waals surface area contributed by atoms with Crippen molar-refractivity contribution in [2.45, 2.75) is 18.0 Å². The van der Waals surface area contributed by atoms with Crippen molar-refractivity contribution in [2.24, 2.45) is 5.41 Å². The molecule has 7 heteroatoms. The quantitative estimate of drug-likeness (QED) is 0.204. The molecule has 0 amide bonds. The van der Waals surface area contributed by atoms with Crippen molar-refractivity contribution in [1.82, 2.24) is 0 Å². The predicted octanol–water partition coefficient (Wildman–Crippen LogP) is 6.93. The molecule has 1 spiro atoms. The van der Waals surface area contributed by atoms with Crippen LogP contribution in [0.5, 0.6) is 0 Å². The van der Waals surface area contributed by atoms with Gasteiger partial charge in [0.1, 0.15) is 23.1 Å². The highest BCUT2D eigenvalue weighted by molar-refractivity contribution is 6.32. The van der Waals surface area contributed by atoms with E-state index in [1.807, 2.05) is 0 Å². The van der Waals surface area contributed by atoms with Crippen molar-refractivity contribution < 1.29 is 23.2 Å². The minimum absolute atomic E-state index is 0.0933. The zero-order chi connectivity index (χ0) is 27.8. The summed E-state index contributed by atoms with van der Waals surface area (Å²) >= 11 is 6.29. The van der Waals surface area contributed by atoms with Gasteiger partial charge in [-0.05, 0) is 59.7 Å². The van der Waals surface area contributed by atoms with Gasteiger partial charge in [-0.25, -0.2) is 8.78 Å². The molecule has 1 saturated heterocycles. The molecule has 3 atom stereocenters. The van der Waals surface area contributed by atoms with Gasteiger partial charge in [-0.1, -0.05) is 66.2 Å². The molecule has 0 aromatic heterocycles. The molecule has 4 aromatic rings. The predicted molar refractivity (Wildman–Crippen MR) is 148 cm³/mol. The van der Waals surface area contributed by atoms with Crippen LogP contribution in [0, 0.1) is 17.0 Å². The highest BCUT2D eigenvalue weighted by atomic mass is 35.5. The van der Waals surface area contributed by atoms with Crippen molar-refractivity contribution in [3.8, 4) is 0 Å². The zero-order valence-electron chi connectivity index (χ0n) is 20.9. The Labute approximate surface area is 233 Å². The van der Waals surface area contributed by atoms with E-state index in [1.165, 1.54) is 42.5 Å². The maximum atomic E-state index is 15.7. The molecule has 4 aromatic carbocycles. The van der Waals surface area contributed by atoms with E-state index in [4.69, 9.17) is 11.6 Å². The first kappa shape index (κ1) is 24.6. The topological polar surface area (TPSA) is 54.5 Å². The van der Waals surface area contributed by atoms with E-state index < -0.39 is 52.4 Å². The fraction of sp³-hybridized carbons (Fsp3) is 0.121. The van der Waals surface area contributed by atoms with E-state index in [-0.39, 0.29) is 22.3 Å². The average molecular weight is 552 g/mol. The molecule has 7 rings (SSSR count). The summed E-state index contributed by atoms with van der Waals surface area (Å²) in [6.07, 6.45) is 3.53. The molecule has 196 valence electrons. The van der Waals surface area contributed by atoms with E-state index in [0.29, 0.717) is 16.3 Å². The van der Waals surface area contributed by atoms with Crippen LogP contribution in [0.2, 0.25) is 5.02 Å². The van der Waals surface area contributed by atoms with Crippen LogP contribution < -0.4 is 4.90 Å². The van der Waals surface area contributed by atoms with Gasteiger partial charge < -0.3 is 4.90 Å². The highest BCUT2D eigenvalue weighted by Gasteiger charge is 2.71. The highest BCUT2D eigenvalue weighted by Crippen LogP contribution is 2.61. The number of ketones is 3. The Balaban J connectivity index is 1.56. The number of halogens is 3. The number of carbonyl (C=O) groups is 3. The lowest BCUT2D eigenvalue weighted by Gasteiger charge is -2.37. The maximum Gasteiger partial charge on any atom is 0.185 e. The first-order valence-electron chi connectivity index (χ1n) is 12.8. The largest absolute Gasteiger partial charge is 0.352 e. The number of carbonyl (C=O) groups excluding carboxylic acids is 3. The van der Waals surface area contributed by atoms with E-state index in [0.717, 1.165) is 0 Å². The van der Waals surface area contributed by atoms with Crippen LogP contribution in [0.1, 0.15) is 48.1 Å². The van der Waals surface area contributed by atoms with Gasteiger partial charge in [0.05, 0.1) is 6.04 Å². The third-order valence-corrected chi connectivity index (χ3v) is 8.64. The molecule has 1 fully saturated rings. The standard InChI is InChI=1S/C33H20ClF2NO3/c34-20-12-15-26-19(17-20)11-16-27-33(31(39)22-5-1-2-6-23(22)32(33)40)28(24-7-3-4-8-25(24)36)29(37(26)27)30(38)18-9-13-21(35)14-10-18/h1-17,27-29H/t27-,28-,29+/m1/s1. The molecule has 0 saturated carbocycles. The van der Waals surface area contributed by atoms with Crippen molar-refractivity contribution in [3.05, 3.63) is 142 Å². The lowest BCUT2D eigenvalue weighted by Crippen LogP contribution is -2.48. The normalized spacial score (nSPS) is 21.9. The van der Waals surface area contributed by atoms with E-state index in [2.05, 4.69) is 0 Å². The molecule has 2 aliphatic heterocycles. The summed E-state index contributed by atoms with van der Waals surface area (Å²) in [4.78, 5) is 45.2. The fourth-order valence-corrected chi connectivity index (χ4v) is 6.98. The lowest BCUT2D eigenvalue weighted by atomic mass is 9.64. The molecule has 0 unspecified atom stereocenters. The van der Waals surface area contributed by atoms with Gasteiger partial charge in [-0.2, -0.15) is 0 Å². The van der Waals surface area contributed by atoms with Crippen molar-refractivity contribution in [3.63, 3.8) is 0 Å². The van der Waals surface area contributed by atoms with Gasteiger partial charge in [0.25, 0.3) is 0 Å². The second kappa shape index (κ2) is 8.80. The number of Topliss-reactive ketones (excluding diaryl/α,β-unsaturated/α-hetero) is 3. The van der Waals surface area contributed by atoms with Crippen LogP contribution in [-0.2, 0) is 0 Å². The first-order valence-corrected chi connectivity index (χ1v) is 13.2. The Kier molecular flexibility index (Phi) is 5.41. The SMILES string of the molecule is O=C(c1ccc(F)cc1)[C@@H]1[C@@H](c2ccccc2F)C2(C(=O)c3ccccc3C2=O)[C@H]2C=Cc3cc(Cl)ccc3N12. The van der Waals surface area contributed by atoms with Gasteiger partial charge in [-0.15, -0.1) is 0 Å². The Morgan fingerprint density at radius 2 is 1.48 bits per heavy atom. The number of hydrogen-bond donors (Lipinski definition) is 0. The third-order valence-electron chi connectivity index (χ3n) is 8.40. The molecule has 40 heavy (non-hydrogen) atoms. The van der Waals surface area contributed by atoms with Gasteiger partial charge in [0, 0.05) is 33.3 Å². The van der Waals surface area contributed by atoms with Crippen LogP contribution in [-0.4, -0.2) is 29.4 Å². The van der Waals surface area contributed by atoms with Gasteiger partial charge >= 0.3 is 0 Å². The van der Waals surface area contributed by atoms with Crippen molar-refractivity contribution >= 4 is 40.7 Å². The van der Waals surface area contributed by atoms with Crippen molar-refractivity contribution in [2.75, 3.05) is 4.90 Å². The average Bonchev–Trinajstić information content (AvgIpc) is 3.39. The Hall–Kier alpha value is -4.42. The van der Waals surface area contributed by atoms with Gasteiger partial charge in [0.2, 0.25) is 0 Å². The number of fused-ring (bicyclic) bond motifs is 5. The number of nitrogens with zero attached hydrogens (tertiary/aromatic N) is 1. The lowest BCUT2D eigenvalue weighted by molar-refractivity contribution is 0.0664. The fourth-order valence-electron chi connectivity index (χ4n) is 6.80. The van der Waals surface area contributed by atoms with E-state index in [9.17, 15) is 18.8 Å². The Bertz CT molecular complexity index is 1750. The molecular weight excluding hydrogens is 532 g/mol. The molecule has 2 heterocycles. The Morgan fingerprint density at radius 1 is 0.825 bits per heavy atom. The van der Waals surface area contributed by atoms with E-state index in [1.54, 1.807) is 65.6 Å². The van der Waals surface area contributed by atoms with Gasteiger partial charge in [0.15, 0.2) is 17.3 Å². The van der Waals surface area contributed by atoms with Crippen LogP contribution >= 0.6 is 11.6 Å². The molecule has 3 aliphatic rings. The molecule has 0 bridgehead atoms. The molecule has 4 nitrogen and oxygen atoms in total. The number of hydrogen-bond acceptors (Lipinski definition) is 4. The number of rotatable bonds is 3. The summed E-state index contributed by atoms with van der Waals surface area (Å²) in [5.41, 5.74) is 0.241. The minimum atomic E-state index is -1.82. The second-order valence-corrected chi connectivity index (χ2v) is 10.7. The Morgan fingerprint density at radius 3 is 2.15 bits per heavy atom. The van der Waals surface area contributed by atoms with Crippen molar-refractivity contribution in [1.29, 1.82) is 0 Å². The summed E-state index contributed by atoms with van der Waals surface area (Å²) in [5.74, 6) is -3.68. The molecular formula is C33H20ClF2NO3. The zero-order valence-corrected chi connectivity index (χ0v) is 21.6. The van der Waals surface area contributed by atoms with Crippen LogP contribution in [0.4, 0.5) is 14.5 Å². The second-order valence-electron chi connectivity index (χ2n) is 10.3. The van der Waals surface area contributed by atoms with Gasteiger partial charge in [-0.3, -0.25) is 14.4 Å². The number of anilines is 1. The molecule has 0 radical (unpaired) electrons. The first-order chi connectivity index (χ1) is 19.3. The summed E-state index contributed by atoms with van der Waals surface area (Å²) in [6.45, 7) is 0. The summed E-state index contributed by atoms with van der Waals surface area (Å²) < 4.78 is 29.6. The number of benzene rings is 4. The third kappa shape index (κ3) is 3.20. The summed E-state index contributed by atoms with van der Waals surface area (Å²) in [7, 11) is 0. The monoisotopic (exact) mass is 551 g/mol. The summed E-state index contributed by atoms with van der Waals surface area (Å²) in [5, 5.41) is 0.475. The smallest absolute Gasteiger partial charge is 0.185 e. The maximum absolute atomic E-state index is 15.7. The van der Waals surface area contributed by atoms with Crippen LogP contribution in [0.3, 0.4) is 0 Å².